The van der Waals surface area contributed by atoms with Gasteiger partial charge in [0, 0.05) is 24.2 Å². The van der Waals surface area contributed by atoms with Crippen molar-refractivity contribution in [2.24, 2.45) is 5.92 Å². The summed E-state index contributed by atoms with van der Waals surface area (Å²) in [5, 5.41) is 4.39. The van der Waals surface area contributed by atoms with Crippen molar-refractivity contribution in [1.82, 2.24) is 5.32 Å². The number of ether oxygens (including phenoxy) is 1. The minimum atomic E-state index is 0.297. The van der Waals surface area contributed by atoms with Crippen LogP contribution >= 0.6 is 11.6 Å². The molecule has 0 amide bonds. The Morgan fingerprint density at radius 3 is 3.00 bits per heavy atom. The highest BCUT2D eigenvalue weighted by atomic mass is 35.5. The first-order valence-electron chi connectivity index (χ1n) is 6.33. The van der Waals surface area contributed by atoms with E-state index < -0.39 is 0 Å². The van der Waals surface area contributed by atoms with Crippen LogP contribution in [0.5, 0.6) is 0 Å². The number of benzene rings is 1. The second-order valence-corrected chi connectivity index (χ2v) is 5.14. The maximum absolute atomic E-state index is 6.18. The Bertz CT molecular complexity index is 350. The molecule has 0 radical (unpaired) electrons. The fraction of sp³-hybridized carbons (Fsp3) is 0.571. The smallest absolute Gasteiger partial charge is 0.0506 e. The lowest BCUT2D eigenvalue weighted by molar-refractivity contribution is 0.0540. The molecule has 2 rings (SSSR count). The lowest BCUT2D eigenvalue weighted by atomic mass is 10.0. The summed E-state index contributed by atoms with van der Waals surface area (Å²) >= 11 is 6.18. The molecule has 0 saturated carbocycles. The molecule has 0 bridgehead atoms. The summed E-state index contributed by atoms with van der Waals surface area (Å²) in [5.74, 6) is 0.647. The van der Waals surface area contributed by atoms with Crippen LogP contribution in [-0.2, 0) is 4.74 Å². The van der Waals surface area contributed by atoms with E-state index in [9.17, 15) is 0 Å². The molecule has 0 aromatic heterocycles. The standard InChI is InChI=1S/C14H20ClNO/c1-11(13-6-2-3-7-14(13)15)16-9-12-5-4-8-17-10-12/h2-3,6-7,11-12,16H,4-5,8-10H2,1H3/t11-,12-/m1/s1. The molecule has 94 valence electrons. The van der Waals surface area contributed by atoms with Crippen molar-refractivity contribution in [3.05, 3.63) is 34.9 Å². The molecule has 3 heteroatoms. The minimum Gasteiger partial charge on any atom is -0.381 e. The molecule has 2 nitrogen and oxygen atoms in total. The van der Waals surface area contributed by atoms with E-state index in [1.165, 1.54) is 18.4 Å². The van der Waals surface area contributed by atoms with Gasteiger partial charge >= 0.3 is 0 Å². The van der Waals surface area contributed by atoms with Gasteiger partial charge in [-0.05, 0) is 37.3 Å². The van der Waals surface area contributed by atoms with Gasteiger partial charge in [-0.15, -0.1) is 0 Å². The van der Waals surface area contributed by atoms with Crippen LogP contribution in [0.25, 0.3) is 0 Å². The number of hydrogen-bond donors (Lipinski definition) is 1. The monoisotopic (exact) mass is 253 g/mol. The van der Waals surface area contributed by atoms with E-state index in [-0.39, 0.29) is 0 Å². The van der Waals surface area contributed by atoms with Crippen LogP contribution in [0.2, 0.25) is 5.02 Å². The Balaban J connectivity index is 1.84. The second kappa shape index (κ2) is 6.39. The van der Waals surface area contributed by atoms with E-state index in [1.54, 1.807) is 0 Å². The normalized spacial score (nSPS) is 22.4. The zero-order valence-corrected chi connectivity index (χ0v) is 11.0. The molecule has 1 aromatic rings. The van der Waals surface area contributed by atoms with Crippen LogP contribution in [-0.4, -0.2) is 19.8 Å². The lowest BCUT2D eigenvalue weighted by Crippen LogP contribution is -2.30. The van der Waals surface area contributed by atoms with Gasteiger partial charge in [-0.2, -0.15) is 0 Å². The first-order chi connectivity index (χ1) is 8.27. The predicted molar refractivity (Wildman–Crippen MR) is 71.4 cm³/mol. The van der Waals surface area contributed by atoms with Crippen molar-refractivity contribution in [3.63, 3.8) is 0 Å². The molecule has 2 atom stereocenters. The van der Waals surface area contributed by atoms with E-state index in [1.807, 2.05) is 18.2 Å². The highest BCUT2D eigenvalue weighted by Crippen LogP contribution is 2.22. The Kier molecular flexibility index (Phi) is 4.84. The SMILES string of the molecule is C[C@@H](NC[C@H]1CCCOC1)c1ccccc1Cl. The second-order valence-electron chi connectivity index (χ2n) is 4.73. The Hall–Kier alpha value is -0.570. The first-order valence-corrected chi connectivity index (χ1v) is 6.70. The number of rotatable bonds is 4. The molecule has 17 heavy (non-hydrogen) atoms. The third kappa shape index (κ3) is 3.70. The minimum absolute atomic E-state index is 0.297. The topological polar surface area (TPSA) is 21.3 Å². The van der Waals surface area contributed by atoms with E-state index in [0.29, 0.717) is 12.0 Å². The summed E-state index contributed by atoms with van der Waals surface area (Å²) in [5.41, 5.74) is 1.17. The summed E-state index contributed by atoms with van der Waals surface area (Å²) in [6.45, 7) is 4.98. The van der Waals surface area contributed by atoms with Gasteiger partial charge in [-0.25, -0.2) is 0 Å². The van der Waals surface area contributed by atoms with E-state index in [2.05, 4.69) is 18.3 Å². The molecule has 1 aliphatic rings. The quantitative estimate of drug-likeness (QED) is 0.888. The van der Waals surface area contributed by atoms with Crippen LogP contribution in [0.4, 0.5) is 0 Å². The van der Waals surface area contributed by atoms with Gasteiger partial charge in [-0.1, -0.05) is 29.8 Å². The molecule has 0 aliphatic carbocycles. The molecular formula is C14H20ClNO. The van der Waals surface area contributed by atoms with Crippen molar-refractivity contribution in [2.45, 2.75) is 25.8 Å². The predicted octanol–water partition coefficient (Wildman–Crippen LogP) is 3.42. The van der Waals surface area contributed by atoms with Gasteiger partial charge < -0.3 is 10.1 Å². The van der Waals surface area contributed by atoms with Gasteiger partial charge in [0.2, 0.25) is 0 Å². The molecule has 1 fully saturated rings. The lowest BCUT2D eigenvalue weighted by Gasteiger charge is -2.24. The Morgan fingerprint density at radius 2 is 2.29 bits per heavy atom. The third-order valence-corrected chi connectivity index (χ3v) is 3.68. The van der Waals surface area contributed by atoms with Crippen molar-refractivity contribution >= 4 is 11.6 Å². The number of nitrogens with one attached hydrogen (secondary N) is 1. The van der Waals surface area contributed by atoms with Crippen LogP contribution in [0.1, 0.15) is 31.4 Å². The molecule has 0 unspecified atom stereocenters. The molecule has 1 heterocycles. The molecule has 1 aliphatic heterocycles. The number of hydrogen-bond acceptors (Lipinski definition) is 2. The van der Waals surface area contributed by atoms with Crippen LogP contribution in [0.15, 0.2) is 24.3 Å². The fourth-order valence-corrected chi connectivity index (χ4v) is 2.55. The van der Waals surface area contributed by atoms with Crippen molar-refractivity contribution in [2.75, 3.05) is 19.8 Å². The third-order valence-electron chi connectivity index (χ3n) is 3.34. The van der Waals surface area contributed by atoms with Crippen LogP contribution in [0.3, 0.4) is 0 Å². The molecule has 1 N–H and O–H groups in total. The summed E-state index contributed by atoms with van der Waals surface area (Å²) in [6, 6.07) is 8.32. The highest BCUT2D eigenvalue weighted by Gasteiger charge is 2.15. The summed E-state index contributed by atoms with van der Waals surface area (Å²) in [4.78, 5) is 0. The van der Waals surface area contributed by atoms with Crippen LogP contribution in [0, 0.1) is 5.92 Å². The average molecular weight is 254 g/mol. The highest BCUT2D eigenvalue weighted by molar-refractivity contribution is 6.31. The van der Waals surface area contributed by atoms with Crippen molar-refractivity contribution in [3.8, 4) is 0 Å². The van der Waals surface area contributed by atoms with Gasteiger partial charge in [0.1, 0.15) is 0 Å². The summed E-state index contributed by atoms with van der Waals surface area (Å²) < 4.78 is 5.48. The maximum Gasteiger partial charge on any atom is 0.0506 e. The largest absolute Gasteiger partial charge is 0.381 e. The van der Waals surface area contributed by atoms with Crippen molar-refractivity contribution < 1.29 is 4.74 Å². The molecular weight excluding hydrogens is 234 g/mol. The Labute approximate surface area is 108 Å². The van der Waals surface area contributed by atoms with Gasteiger partial charge in [0.05, 0.1) is 6.61 Å². The van der Waals surface area contributed by atoms with E-state index >= 15 is 0 Å². The van der Waals surface area contributed by atoms with E-state index in [0.717, 1.165) is 24.8 Å². The van der Waals surface area contributed by atoms with Gasteiger partial charge in [0.25, 0.3) is 0 Å². The van der Waals surface area contributed by atoms with Crippen molar-refractivity contribution in [1.29, 1.82) is 0 Å². The van der Waals surface area contributed by atoms with Gasteiger partial charge in [-0.3, -0.25) is 0 Å². The maximum atomic E-state index is 6.18. The zero-order valence-electron chi connectivity index (χ0n) is 10.3. The van der Waals surface area contributed by atoms with Gasteiger partial charge in [0.15, 0.2) is 0 Å². The number of halogens is 1. The first kappa shape index (κ1) is 12.9. The fourth-order valence-electron chi connectivity index (χ4n) is 2.25. The zero-order chi connectivity index (χ0) is 12.1. The Morgan fingerprint density at radius 1 is 1.47 bits per heavy atom. The molecule has 1 saturated heterocycles. The molecule has 0 spiro atoms. The van der Waals surface area contributed by atoms with Crippen LogP contribution < -0.4 is 5.32 Å². The summed E-state index contributed by atoms with van der Waals surface area (Å²) in [7, 11) is 0. The van der Waals surface area contributed by atoms with E-state index in [4.69, 9.17) is 16.3 Å². The summed E-state index contributed by atoms with van der Waals surface area (Å²) in [6.07, 6.45) is 2.45. The molecule has 1 aromatic carbocycles. The average Bonchev–Trinajstić information content (AvgIpc) is 2.38.